The first-order valence-electron chi connectivity index (χ1n) is 7.92. The predicted molar refractivity (Wildman–Crippen MR) is 87.9 cm³/mol. The van der Waals surface area contributed by atoms with Gasteiger partial charge in [-0.3, -0.25) is 4.79 Å². The van der Waals surface area contributed by atoms with E-state index in [4.69, 9.17) is 0 Å². The molecule has 3 rings (SSSR count). The lowest BCUT2D eigenvalue weighted by molar-refractivity contribution is -0.133. The van der Waals surface area contributed by atoms with Crippen LogP contribution < -0.4 is 0 Å². The smallest absolute Gasteiger partial charge is 0.334 e. The van der Waals surface area contributed by atoms with Crippen molar-refractivity contribution < 1.29 is 14.7 Å². The van der Waals surface area contributed by atoms with E-state index in [2.05, 4.69) is 6.07 Å². The number of Topliss-reactive ketones (excluding diaryl/α,β-unsaturated/α-hetero) is 1. The Morgan fingerprint density at radius 2 is 2.00 bits per heavy atom. The van der Waals surface area contributed by atoms with Gasteiger partial charge in [0.25, 0.3) is 0 Å². The molecule has 0 aromatic heterocycles. The van der Waals surface area contributed by atoms with Gasteiger partial charge in [-0.25, -0.2) is 4.79 Å². The predicted octanol–water partition coefficient (Wildman–Crippen LogP) is 2.95. The highest BCUT2D eigenvalue weighted by Gasteiger charge is 2.41. The molecular weight excluding hydrogens is 304 g/mol. The number of hydrogen-bond donors (Lipinski definition) is 1. The normalized spacial score (nSPS) is 20.0. The number of ketones is 1. The molecule has 1 fully saturated rings. The van der Waals surface area contributed by atoms with Crippen molar-refractivity contribution in [3.8, 4) is 6.07 Å². The third-order valence-corrected chi connectivity index (χ3v) is 4.81. The third kappa shape index (κ3) is 2.31. The van der Waals surface area contributed by atoms with Crippen LogP contribution in [0.3, 0.4) is 0 Å². The van der Waals surface area contributed by atoms with E-state index in [1.165, 1.54) is 6.92 Å². The second-order valence-corrected chi connectivity index (χ2v) is 6.11. The van der Waals surface area contributed by atoms with Crippen molar-refractivity contribution in [3.05, 3.63) is 57.9 Å². The number of allylic oxidation sites excluding steroid dienone is 3. The number of hydrogen-bond acceptors (Lipinski definition) is 4. The molecule has 2 aliphatic rings. The number of carboxylic acids is 1. The maximum Gasteiger partial charge on any atom is 0.334 e. The summed E-state index contributed by atoms with van der Waals surface area (Å²) in [5, 5.41) is 19.2. The number of carbonyl (C=O) groups excluding carboxylic acids is 1. The molecule has 24 heavy (non-hydrogen) atoms. The number of rotatable bonds is 3. The van der Waals surface area contributed by atoms with Crippen molar-refractivity contribution in [2.45, 2.75) is 32.6 Å². The van der Waals surface area contributed by atoms with Crippen LogP contribution in [0.25, 0.3) is 0 Å². The Morgan fingerprint density at radius 3 is 2.62 bits per heavy atom. The highest BCUT2D eigenvalue weighted by molar-refractivity contribution is 6.01. The fraction of sp³-hybridized carbons (Fsp3) is 0.316. The second kappa shape index (κ2) is 5.97. The first-order chi connectivity index (χ1) is 11.5. The van der Waals surface area contributed by atoms with Crippen molar-refractivity contribution in [1.82, 2.24) is 4.90 Å². The van der Waals surface area contributed by atoms with Crippen molar-refractivity contribution in [2.24, 2.45) is 0 Å². The van der Waals surface area contributed by atoms with Crippen molar-refractivity contribution in [3.63, 3.8) is 0 Å². The zero-order valence-corrected chi connectivity index (χ0v) is 13.7. The number of carbonyl (C=O) groups is 2. The Morgan fingerprint density at radius 1 is 1.29 bits per heavy atom. The SMILES string of the molecule is CC(=O)C1=C2CCCN2C(C)=C(C(=O)O)C1c1ccccc1C#N. The van der Waals surface area contributed by atoms with Crippen LogP contribution in [0.1, 0.15) is 43.7 Å². The number of aliphatic carboxylic acids is 1. The molecule has 0 amide bonds. The molecule has 0 spiro atoms. The molecule has 1 aromatic rings. The summed E-state index contributed by atoms with van der Waals surface area (Å²) >= 11 is 0. The molecule has 0 saturated carbocycles. The number of benzene rings is 1. The number of carboxylic acid groups (broad SMARTS) is 1. The van der Waals surface area contributed by atoms with E-state index in [9.17, 15) is 20.0 Å². The molecule has 1 aromatic carbocycles. The van der Waals surface area contributed by atoms with E-state index < -0.39 is 11.9 Å². The summed E-state index contributed by atoms with van der Waals surface area (Å²) in [6.45, 7) is 3.98. The minimum atomic E-state index is -1.05. The van der Waals surface area contributed by atoms with Gasteiger partial charge in [-0.05, 0) is 38.3 Å². The monoisotopic (exact) mass is 322 g/mol. The molecule has 1 saturated heterocycles. The highest BCUT2D eigenvalue weighted by Crippen LogP contribution is 2.46. The van der Waals surface area contributed by atoms with Crippen LogP contribution >= 0.6 is 0 Å². The second-order valence-electron chi connectivity index (χ2n) is 6.11. The van der Waals surface area contributed by atoms with Crippen molar-refractivity contribution in [1.29, 1.82) is 5.26 Å². The fourth-order valence-electron chi connectivity index (χ4n) is 3.84. The minimum absolute atomic E-state index is 0.138. The van der Waals surface area contributed by atoms with Crippen LogP contribution in [0.4, 0.5) is 0 Å². The van der Waals surface area contributed by atoms with Crippen LogP contribution in [-0.4, -0.2) is 28.3 Å². The van der Waals surface area contributed by atoms with Gasteiger partial charge in [-0.2, -0.15) is 5.26 Å². The average molecular weight is 322 g/mol. The van der Waals surface area contributed by atoms with Gasteiger partial charge in [-0.1, -0.05) is 18.2 Å². The Kier molecular flexibility index (Phi) is 3.98. The zero-order valence-electron chi connectivity index (χ0n) is 13.7. The summed E-state index contributed by atoms with van der Waals surface area (Å²) in [5.74, 6) is -1.88. The van der Waals surface area contributed by atoms with Crippen LogP contribution in [0.5, 0.6) is 0 Å². The number of fused-ring (bicyclic) bond motifs is 1. The third-order valence-electron chi connectivity index (χ3n) is 4.81. The standard InChI is InChI=1S/C19H18N2O3/c1-11-16(19(23)24)18(14-7-4-3-6-13(14)10-20)17(12(2)22)15-8-5-9-21(11)15/h3-4,6-7,18H,5,8-9H2,1-2H3,(H,23,24). The zero-order chi connectivity index (χ0) is 17.4. The fourth-order valence-corrected chi connectivity index (χ4v) is 3.84. The summed E-state index contributed by atoms with van der Waals surface area (Å²) in [4.78, 5) is 26.4. The van der Waals surface area contributed by atoms with Gasteiger partial charge in [0.2, 0.25) is 0 Å². The molecule has 5 heteroatoms. The molecule has 1 unspecified atom stereocenters. The maximum atomic E-state index is 12.4. The summed E-state index contributed by atoms with van der Waals surface area (Å²) in [5.41, 5.74) is 3.26. The molecule has 2 heterocycles. The van der Waals surface area contributed by atoms with Gasteiger partial charge in [0.1, 0.15) is 0 Å². The lowest BCUT2D eigenvalue weighted by Gasteiger charge is -2.35. The summed E-state index contributed by atoms with van der Waals surface area (Å²) in [7, 11) is 0. The van der Waals surface area contributed by atoms with E-state index in [1.54, 1.807) is 31.2 Å². The van der Waals surface area contributed by atoms with Crippen LogP contribution in [0.2, 0.25) is 0 Å². The molecular formula is C19H18N2O3. The Hall–Kier alpha value is -2.87. The van der Waals surface area contributed by atoms with Crippen LogP contribution in [0.15, 0.2) is 46.8 Å². The molecule has 2 aliphatic heterocycles. The lowest BCUT2D eigenvalue weighted by Crippen LogP contribution is -2.32. The van der Waals surface area contributed by atoms with E-state index >= 15 is 0 Å². The van der Waals surface area contributed by atoms with E-state index in [0.29, 0.717) is 22.4 Å². The van der Waals surface area contributed by atoms with E-state index in [-0.39, 0.29) is 11.4 Å². The van der Waals surface area contributed by atoms with Crippen molar-refractivity contribution >= 4 is 11.8 Å². The van der Waals surface area contributed by atoms with E-state index in [0.717, 1.165) is 25.1 Å². The molecule has 1 atom stereocenters. The van der Waals surface area contributed by atoms with Gasteiger partial charge in [0.15, 0.2) is 5.78 Å². The Balaban J connectivity index is 2.33. The molecule has 0 aliphatic carbocycles. The highest BCUT2D eigenvalue weighted by atomic mass is 16.4. The first-order valence-corrected chi connectivity index (χ1v) is 7.92. The lowest BCUT2D eigenvalue weighted by atomic mass is 9.77. The van der Waals surface area contributed by atoms with Crippen LogP contribution in [0, 0.1) is 11.3 Å². The summed E-state index contributed by atoms with van der Waals surface area (Å²) in [6.07, 6.45) is 1.65. The van der Waals surface area contributed by atoms with Gasteiger partial charge in [0, 0.05) is 29.4 Å². The molecule has 1 N–H and O–H groups in total. The molecule has 5 nitrogen and oxygen atoms in total. The topological polar surface area (TPSA) is 81.4 Å². The molecule has 122 valence electrons. The van der Waals surface area contributed by atoms with Gasteiger partial charge in [0.05, 0.1) is 17.2 Å². The van der Waals surface area contributed by atoms with Gasteiger partial charge in [-0.15, -0.1) is 0 Å². The van der Waals surface area contributed by atoms with Crippen LogP contribution in [-0.2, 0) is 9.59 Å². The Labute approximate surface area is 140 Å². The first kappa shape index (κ1) is 16.0. The average Bonchev–Trinajstić information content (AvgIpc) is 3.03. The van der Waals surface area contributed by atoms with E-state index in [1.807, 2.05) is 4.90 Å². The quantitative estimate of drug-likeness (QED) is 0.925. The largest absolute Gasteiger partial charge is 0.478 e. The summed E-state index contributed by atoms with van der Waals surface area (Å²) < 4.78 is 0. The maximum absolute atomic E-state index is 12.4. The minimum Gasteiger partial charge on any atom is -0.478 e. The number of nitrogens with zero attached hydrogens (tertiary/aromatic N) is 2. The van der Waals surface area contributed by atoms with Gasteiger partial charge >= 0.3 is 5.97 Å². The van der Waals surface area contributed by atoms with Crippen molar-refractivity contribution in [2.75, 3.05) is 6.54 Å². The Bertz CT molecular complexity index is 842. The number of nitriles is 1. The molecule has 0 radical (unpaired) electrons. The molecule has 0 bridgehead atoms. The van der Waals surface area contributed by atoms with Gasteiger partial charge < -0.3 is 10.0 Å². The summed E-state index contributed by atoms with van der Waals surface area (Å²) in [6, 6.07) is 9.04.